The van der Waals surface area contributed by atoms with Crippen molar-refractivity contribution >= 4 is 0 Å². The normalized spacial score (nSPS) is 19.8. The molecule has 0 aromatic carbocycles. The molecule has 1 aliphatic rings. The highest BCUT2D eigenvalue weighted by molar-refractivity contribution is 4.87. The summed E-state index contributed by atoms with van der Waals surface area (Å²) < 4.78 is 5.65. The monoisotopic (exact) mass is 326 g/mol. The van der Waals surface area contributed by atoms with Crippen molar-refractivity contribution in [1.82, 2.24) is 9.80 Å². The molecule has 1 fully saturated rings. The molecule has 3 heteroatoms. The second-order valence-corrected chi connectivity index (χ2v) is 9.48. The Kier molecular flexibility index (Phi) is 7.56. The molecular formula is C20H42N2O. The van der Waals surface area contributed by atoms with E-state index in [2.05, 4.69) is 58.3 Å². The third kappa shape index (κ3) is 7.11. The zero-order chi connectivity index (χ0) is 17.7. The van der Waals surface area contributed by atoms with Gasteiger partial charge in [0.1, 0.15) is 0 Å². The van der Waals surface area contributed by atoms with Gasteiger partial charge >= 0.3 is 0 Å². The number of hydrogen-bond donors (Lipinski definition) is 0. The van der Waals surface area contributed by atoms with Crippen molar-refractivity contribution in [2.45, 2.75) is 85.3 Å². The van der Waals surface area contributed by atoms with Crippen molar-refractivity contribution in [2.75, 3.05) is 39.8 Å². The van der Waals surface area contributed by atoms with Crippen LogP contribution in [0.15, 0.2) is 0 Å². The van der Waals surface area contributed by atoms with Crippen LogP contribution in [0.2, 0.25) is 0 Å². The topological polar surface area (TPSA) is 15.7 Å². The van der Waals surface area contributed by atoms with Gasteiger partial charge in [-0.05, 0) is 65.5 Å². The summed E-state index contributed by atoms with van der Waals surface area (Å²) in [6.07, 6.45) is 4.95. The van der Waals surface area contributed by atoms with Gasteiger partial charge in [0, 0.05) is 32.3 Å². The Balaban J connectivity index is 2.58. The van der Waals surface area contributed by atoms with Crippen molar-refractivity contribution < 1.29 is 4.74 Å². The Labute approximate surface area is 145 Å². The Morgan fingerprint density at radius 1 is 0.913 bits per heavy atom. The lowest BCUT2D eigenvalue weighted by atomic mass is 9.81. The highest BCUT2D eigenvalue weighted by atomic mass is 16.5. The highest BCUT2D eigenvalue weighted by Gasteiger charge is 2.32. The molecule has 0 atom stereocenters. The molecule has 138 valence electrons. The van der Waals surface area contributed by atoms with Crippen LogP contribution in [0.3, 0.4) is 0 Å². The van der Waals surface area contributed by atoms with Crippen LogP contribution in [-0.2, 0) is 4.74 Å². The smallest absolute Gasteiger partial charge is 0.0628 e. The molecule has 0 aromatic rings. The van der Waals surface area contributed by atoms with Gasteiger partial charge in [0.15, 0.2) is 0 Å². The first-order valence-electron chi connectivity index (χ1n) is 9.54. The van der Waals surface area contributed by atoms with E-state index in [9.17, 15) is 0 Å². The van der Waals surface area contributed by atoms with Crippen molar-refractivity contribution in [2.24, 2.45) is 5.41 Å². The van der Waals surface area contributed by atoms with E-state index < -0.39 is 0 Å². The fourth-order valence-electron chi connectivity index (χ4n) is 4.39. The van der Waals surface area contributed by atoms with Crippen LogP contribution in [0.4, 0.5) is 0 Å². The first kappa shape index (κ1) is 20.9. The lowest BCUT2D eigenvalue weighted by molar-refractivity contribution is -0.0201. The Hall–Kier alpha value is -0.120. The van der Waals surface area contributed by atoms with Gasteiger partial charge in [-0.2, -0.15) is 0 Å². The molecule has 0 bridgehead atoms. The summed E-state index contributed by atoms with van der Waals surface area (Å²) >= 11 is 0. The van der Waals surface area contributed by atoms with E-state index in [0.717, 1.165) is 6.42 Å². The second kappa shape index (κ2) is 8.31. The molecule has 1 heterocycles. The summed E-state index contributed by atoms with van der Waals surface area (Å²) in [5, 5.41) is 0. The van der Waals surface area contributed by atoms with E-state index in [1.165, 1.54) is 52.0 Å². The second-order valence-electron chi connectivity index (χ2n) is 9.48. The maximum Gasteiger partial charge on any atom is 0.0628 e. The molecule has 0 unspecified atom stereocenters. The van der Waals surface area contributed by atoms with E-state index in [4.69, 9.17) is 4.74 Å². The Morgan fingerprint density at radius 3 is 2.13 bits per heavy atom. The van der Waals surface area contributed by atoms with Gasteiger partial charge in [-0.25, -0.2) is 0 Å². The molecule has 0 spiro atoms. The van der Waals surface area contributed by atoms with Crippen LogP contribution in [-0.4, -0.2) is 60.8 Å². The van der Waals surface area contributed by atoms with Gasteiger partial charge in [0.25, 0.3) is 0 Å². The van der Waals surface area contributed by atoms with E-state index >= 15 is 0 Å². The predicted molar refractivity (Wildman–Crippen MR) is 101 cm³/mol. The molecule has 1 saturated heterocycles. The molecule has 1 rings (SSSR count). The average Bonchev–Trinajstić information content (AvgIpc) is 2.63. The van der Waals surface area contributed by atoms with Crippen LogP contribution in [0.5, 0.6) is 0 Å². The third-order valence-corrected chi connectivity index (χ3v) is 5.41. The number of rotatable bonds is 8. The van der Waals surface area contributed by atoms with Crippen molar-refractivity contribution in [1.29, 1.82) is 0 Å². The van der Waals surface area contributed by atoms with Gasteiger partial charge < -0.3 is 9.64 Å². The average molecular weight is 327 g/mol. The minimum absolute atomic E-state index is 0.0372. The molecule has 0 radical (unpaired) electrons. The molecule has 3 nitrogen and oxygen atoms in total. The third-order valence-electron chi connectivity index (χ3n) is 5.41. The maximum absolute atomic E-state index is 5.65. The fourth-order valence-corrected chi connectivity index (χ4v) is 4.39. The molecule has 0 aromatic heterocycles. The van der Waals surface area contributed by atoms with Crippen molar-refractivity contribution in [3.05, 3.63) is 0 Å². The number of nitrogens with zero attached hydrogens (tertiary/aromatic N) is 2. The van der Waals surface area contributed by atoms with E-state index in [-0.39, 0.29) is 11.0 Å². The SMILES string of the molecule is CCCC(C)(C)N1CCCN(CC(C)(C)CC(C)(C)OC)CC1. The van der Waals surface area contributed by atoms with Gasteiger partial charge in [0.2, 0.25) is 0 Å². The number of methoxy groups -OCH3 is 1. The Morgan fingerprint density at radius 2 is 1.57 bits per heavy atom. The fraction of sp³-hybridized carbons (Fsp3) is 1.00. The highest BCUT2D eigenvalue weighted by Crippen LogP contribution is 2.31. The summed E-state index contributed by atoms with van der Waals surface area (Å²) in [5.74, 6) is 0. The van der Waals surface area contributed by atoms with Crippen LogP contribution < -0.4 is 0 Å². The summed E-state index contributed by atoms with van der Waals surface area (Å²) in [6.45, 7) is 22.3. The molecule has 0 saturated carbocycles. The molecule has 0 N–H and O–H groups in total. The number of ether oxygens (including phenoxy) is 1. The summed E-state index contributed by atoms with van der Waals surface area (Å²) in [6, 6.07) is 0. The zero-order valence-electron chi connectivity index (χ0n) is 17.2. The van der Waals surface area contributed by atoms with E-state index in [1.807, 2.05) is 7.11 Å². The standard InChI is InChI=1S/C20H42N2O/c1-9-11-19(4,5)22-13-10-12-21(14-15-22)17-18(2,3)16-20(6,7)23-8/h9-17H2,1-8H3. The molecule has 0 amide bonds. The summed E-state index contributed by atoms with van der Waals surface area (Å²) in [7, 11) is 1.83. The molecule has 23 heavy (non-hydrogen) atoms. The quantitative estimate of drug-likeness (QED) is 0.657. The van der Waals surface area contributed by atoms with Crippen LogP contribution >= 0.6 is 0 Å². The number of hydrogen-bond acceptors (Lipinski definition) is 3. The van der Waals surface area contributed by atoms with E-state index in [1.54, 1.807) is 0 Å². The van der Waals surface area contributed by atoms with Crippen LogP contribution in [0.25, 0.3) is 0 Å². The van der Waals surface area contributed by atoms with Crippen molar-refractivity contribution in [3.63, 3.8) is 0 Å². The van der Waals surface area contributed by atoms with E-state index in [0.29, 0.717) is 5.54 Å². The lowest BCUT2D eigenvalue weighted by Gasteiger charge is -2.39. The van der Waals surface area contributed by atoms with Crippen molar-refractivity contribution in [3.8, 4) is 0 Å². The van der Waals surface area contributed by atoms with Gasteiger partial charge in [0.05, 0.1) is 5.60 Å². The first-order valence-corrected chi connectivity index (χ1v) is 9.54. The molecule has 0 aliphatic carbocycles. The van der Waals surface area contributed by atoms with Crippen LogP contribution in [0.1, 0.15) is 74.1 Å². The van der Waals surface area contributed by atoms with Gasteiger partial charge in [-0.3, -0.25) is 4.90 Å². The minimum Gasteiger partial charge on any atom is -0.379 e. The maximum atomic E-state index is 5.65. The van der Waals surface area contributed by atoms with Gasteiger partial charge in [-0.15, -0.1) is 0 Å². The summed E-state index contributed by atoms with van der Waals surface area (Å²) in [4.78, 5) is 5.39. The zero-order valence-corrected chi connectivity index (χ0v) is 17.2. The largest absolute Gasteiger partial charge is 0.379 e. The summed E-state index contributed by atoms with van der Waals surface area (Å²) in [5.41, 5.74) is 0.594. The minimum atomic E-state index is -0.0372. The predicted octanol–water partition coefficient (Wildman–Crippen LogP) is 4.41. The first-order chi connectivity index (χ1) is 10.5. The Bertz CT molecular complexity index is 350. The lowest BCUT2D eigenvalue weighted by Crippen LogP contribution is -2.46. The van der Waals surface area contributed by atoms with Crippen LogP contribution in [0, 0.1) is 5.41 Å². The van der Waals surface area contributed by atoms with Gasteiger partial charge in [-0.1, -0.05) is 27.2 Å². The molecular weight excluding hydrogens is 284 g/mol. The molecule has 1 aliphatic heterocycles.